The van der Waals surface area contributed by atoms with Crippen LogP contribution in [0, 0.1) is 12.8 Å². The van der Waals surface area contributed by atoms with Crippen LogP contribution in [0.2, 0.25) is 0 Å². The highest BCUT2D eigenvalue weighted by atomic mass is 32.1. The maximum absolute atomic E-state index is 12.2. The second-order valence-electron chi connectivity index (χ2n) is 5.02. The Bertz CT molecular complexity index is 650. The molecule has 3 rings (SSSR count). The third-order valence-corrected chi connectivity index (χ3v) is 4.19. The molecule has 0 saturated carbocycles. The predicted octanol–water partition coefficient (Wildman–Crippen LogP) is 2.03. The van der Waals surface area contributed by atoms with Crippen molar-refractivity contribution in [3.8, 4) is 0 Å². The fourth-order valence-corrected chi connectivity index (χ4v) is 2.98. The molecule has 0 spiro atoms. The minimum Gasteiger partial charge on any atom is -0.467 e. The van der Waals surface area contributed by atoms with Crippen LogP contribution in [-0.4, -0.2) is 28.2 Å². The zero-order valence-corrected chi connectivity index (χ0v) is 12.4. The summed E-state index contributed by atoms with van der Waals surface area (Å²) in [7, 11) is 0. The summed E-state index contributed by atoms with van der Waals surface area (Å²) in [4.78, 5) is 30.9. The number of nitrogens with zero attached hydrogens (tertiary/aromatic N) is 2. The van der Waals surface area contributed by atoms with Crippen molar-refractivity contribution in [1.82, 2.24) is 9.88 Å². The van der Waals surface area contributed by atoms with Crippen LogP contribution in [0.3, 0.4) is 0 Å². The highest BCUT2D eigenvalue weighted by molar-refractivity contribution is 7.15. The molecule has 2 amide bonds. The van der Waals surface area contributed by atoms with E-state index < -0.39 is 0 Å². The summed E-state index contributed by atoms with van der Waals surface area (Å²) in [5, 5.41) is 3.35. The molecule has 1 aliphatic rings. The lowest BCUT2D eigenvalue weighted by Crippen LogP contribution is -2.27. The quantitative estimate of drug-likeness (QED) is 0.938. The van der Waals surface area contributed by atoms with E-state index in [1.54, 1.807) is 23.4 Å². The first-order valence-corrected chi connectivity index (χ1v) is 7.47. The first-order valence-electron chi connectivity index (χ1n) is 6.65. The number of carbonyl (C=O) groups is 2. The molecule has 1 N–H and O–H groups in total. The van der Waals surface area contributed by atoms with Gasteiger partial charge in [-0.3, -0.25) is 9.59 Å². The van der Waals surface area contributed by atoms with Crippen molar-refractivity contribution in [2.45, 2.75) is 19.9 Å². The zero-order chi connectivity index (χ0) is 14.8. The predicted molar refractivity (Wildman–Crippen MR) is 77.7 cm³/mol. The number of amides is 2. The Labute approximate surface area is 125 Å². The molecule has 2 aromatic heterocycles. The van der Waals surface area contributed by atoms with E-state index in [-0.39, 0.29) is 24.2 Å². The molecule has 1 aliphatic heterocycles. The largest absolute Gasteiger partial charge is 0.467 e. The van der Waals surface area contributed by atoms with E-state index in [1.165, 1.54) is 11.3 Å². The van der Waals surface area contributed by atoms with E-state index in [2.05, 4.69) is 10.3 Å². The molecule has 1 fully saturated rings. The van der Waals surface area contributed by atoms with E-state index in [0.717, 1.165) is 10.6 Å². The van der Waals surface area contributed by atoms with Crippen LogP contribution in [0.4, 0.5) is 5.13 Å². The van der Waals surface area contributed by atoms with Gasteiger partial charge in [0.05, 0.1) is 18.7 Å². The normalized spacial score (nSPS) is 18.2. The highest BCUT2D eigenvalue weighted by Gasteiger charge is 2.34. The molecule has 0 aromatic carbocycles. The molecule has 21 heavy (non-hydrogen) atoms. The minimum absolute atomic E-state index is 0.0260. The molecular formula is C14H15N3O3S. The van der Waals surface area contributed by atoms with Crippen molar-refractivity contribution in [2.75, 3.05) is 11.9 Å². The van der Waals surface area contributed by atoms with Gasteiger partial charge < -0.3 is 14.6 Å². The summed E-state index contributed by atoms with van der Waals surface area (Å²) in [6.07, 6.45) is 3.52. The van der Waals surface area contributed by atoms with E-state index in [9.17, 15) is 9.59 Å². The van der Waals surface area contributed by atoms with Gasteiger partial charge in [-0.15, -0.1) is 11.3 Å². The number of likely N-dealkylation sites (tertiary alicyclic amines) is 1. The van der Waals surface area contributed by atoms with Gasteiger partial charge in [-0.2, -0.15) is 0 Å². The number of rotatable bonds is 4. The molecule has 6 nitrogen and oxygen atoms in total. The number of thiazole rings is 1. The average Bonchev–Trinajstić information content (AvgIpc) is 3.15. The SMILES string of the molecule is Cc1cnc(NC(=O)[C@H]2CC(=O)N(Cc3ccco3)C2)s1. The minimum atomic E-state index is -0.336. The topological polar surface area (TPSA) is 75.4 Å². The molecule has 110 valence electrons. The Kier molecular flexibility index (Phi) is 3.74. The molecule has 0 radical (unpaired) electrons. The van der Waals surface area contributed by atoms with Crippen molar-refractivity contribution in [3.63, 3.8) is 0 Å². The molecule has 2 aromatic rings. The molecule has 0 bridgehead atoms. The molecule has 7 heteroatoms. The van der Waals surface area contributed by atoms with Gasteiger partial charge in [-0.25, -0.2) is 4.98 Å². The Morgan fingerprint density at radius 1 is 1.62 bits per heavy atom. The van der Waals surface area contributed by atoms with Crippen molar-refractivity contribution in [3.05, 3.63) is 35.2 Å². The second-order valence-corrected chi connectivity index (χ2v) is 6.25. The van der Waals surface area contributed by atoms with E-state index in [4.69, 9.17) is 4.42 Å². The number of anilines is 1. The number of nitrogens with one attached hydrogen (secondary N) is 1. The standard InChI is InChI=1S/C14H15N3O3S/c1-9-6-15-14(21-9)16-13(19)10-5-12(18)17(7-10)8-11-3-2-4-20-11/h2-4,6,10H,5,7-8H2,1H3,(H,15,16,19)/t10-/m0/s1. The average molecular weight is 305 g/mol. The van der Waals surface area contributed by atoms with Crippen molar-refractivity contribution < 1.29 is 14.0 Å². The maximum Gasteiger partial charge on any atom is 0.231 e. The first-order chi connectivity index (χ1) is 10.1. The number of furan rings is 1. The molecule has 1 atom stereocenters. The fourth-order valence-electron chi connectivity index (χ4n) is 2.31. The van der Waals surface area contributed by atoms with E-state index in [1.807, 2.05) is 13.0 Å². The van der Waals surface area contributed by atoms with Crippen molar-refractivity contribution in [2.24, 2.45) is 5.92 Å². The number of hydrogen-bond acceptors (Lipinski definition) is 5. The van der Waals surface area contributed by atoms with Gasteiger partial charge in [-0.05, 0) is 19.1 Å². The number of carbonyl (C=O) groups excluding carboxylic acids is 2. The Balaban J connectivity index is 1.59. The van der Waals surface area contributed by atoms with Gasteiger partial charge in [-0.1, -0.05) is 0 Å². The molecule has 3 heterocycles. The van der Waals surface area contributed by atoms with Gasteiger partial charge in [0.25, 0.3) is 0 Å². The van der Waals surface area contributed by atoms with Gasteiger partial charge in [0.1, 0.15) is 5.76 Å². The third kappa shape index (κ3) is 3.13. The van der Waals surface area contributed by atoms with Gasteiger partial charge in [0, 0.05) is 24.0 Å². The lowest BCUT2D eigenvalue weighted by Gasteiger charge is -2.14. The summed E-state index contributed by atoms with van der Waals surface area (Å²) in [5.74, 6) is 0.207. The molecule has 0 unspecified atom stereocenters. The molecule has 0 aliphatic carbocycles. The summed E-state index contributed by atoms with van der Waals surface area (Å²) in [6, 6.07) is 3.60. The Morgan fingerprint density at radius 3 is 3.14 bits per heavy atom. The molecular weight excluding hydrogens is 290 g/mol. The Morgan fingerprint density at radius 2 is 2.48 bits per heavy atom. The van der Waals surface area contributed by atoms with E-state index >= 15 is 0 Å². The number of aryl methyl sites for hydroxylation is 1. The summed E-state index contributed by atoms with van der Waals surface area (Å²) in [5.41, 5.74) is 0. The zero-order valence-electron chi connectivity index (χ0n) is 11.5. The van der Waals surface area contributed by atoms with Crippen LogP contribution in [0.15, 0.2) is 29.0 Å². The van der Waals surface area contributed by atoms with Crippen LogP contribution < -0.4 is 5.32 Å². The van der Waals surface area contributed by atoms with Crippen molar-refractivity contribution in [1.29, 1.82) is 0 Å². The van der Waals surface area contributed by atoms with Crippen LogP contribution in [-0.2, 0) is 16.1 Å². The number of hydrogen-bond donors (Lipinski definition) is 1. The second kappa shape index (κ2) is 5.69. The summed E-state index contributed by atoms with van der Waals surface area (Å²) < 4.78 is 5.24. The summed E-state index contributed by atoms with van der Waals surface area (Å²) >= 11 is 1.42. The van der Waals surface area contributed by atoms with Gasteiger partial charge in [0.15, 0.2) is 5.13 Å². The third-order valence-electron chi connectivity index (χ3n) is 3.36. The van der Waals surface area contributed by atoms with Gasteiger partial charge >= 0.3 is 0 Å². The first kappa shape index (κ1) is 13.8. The maximum atomic E-state index is 12.2. The van der Waals surface area contributed by atoms with Gasteiger partial charge in [0.2, 0.25) is 11.8 Å². The highest BCUT2D eigenvalue weighted by Crippen LogP contribution is 2.23. The Hall–Kier alpha value is -2.15. The monoisotopic (exact) mass is 305 g/mol. The van der Waals surface area contributed by atoms with Crippen LogP contribution >= 0.6 is 11.3 Å². The molecule has 1 saturated heterocycles. The fraction of sp³-hybridized carbons (Fsp3) is 0.357. The lowest BCUT2D eigenvalue weighted by atomic mass is 10.1. The lowest BCUT2D eigenvalue weighted by molar-refractivity contribution is -0.128. The summed E-state index contributed by atoms with van der Waals surface area (Å²) in [6.45, 7) is 2.75. The van der Waals surface area contributed by atoms with Crippen LogP contribution in [0.5, 0.6) is 0 Å². The smallest absolute Gasteiger partial charge is 0.231 e. The van der Waals surface area contributed by atoms with E-state index in [0.29, 0.717) is 18.2 Å². The number of aromatic nitrogens is 1. The van der Waals surface area contributed by atoms with Crippen LogP contribution in [0.25, 0.3) is 0 Å². The van der Waals surface area contributed by atoms with Crippen molar-refractivity contribution >= 4 is 28.3 Å². The van der Waals surface area contributed by atoms with Crippen LogP contribution in [0.1, 0.15) is 17.1 Å².